The first-order valence-corrected chi connectivity index (χ1v) is 10.5. The molecule has 1 saturated carbocycles. The second kappa shape index (κ2) is 8.78. The van der Waals surface area contributed by atoms with Crippen molar-refractivity contribution >= 4 is 11.8 Å². The number of nitrogens with one attached hydrogen (secondary N) is 1. The Morgan fingerprint density at radius 3 is 2.72 bits per heavy atom. The summed E-state index contributed by atoms with van der Waals surface area (Å²) < 4.78 is 1.45. The first-order valence-electron chi connectivity index (χ1n) is 10.5. The van der Waals surface area contributed by atoms with E-state index in [1.54, 1.807) is 6.07 Å². The van der Waals surface area contributed by atoms with E-state index in [2.05, 4.69) is 22.5 Å². The highest BCUT2D eigenvalue weighted by molar-refractivity contribution is 5.98. The molecule has 7 heteroatoms. The molecule has 7 nitrogen and oxygen atoms in total. The highest BCUT2D eigenvalue weighted by atomic mass is 16.3. The molecule has 154 valence electrons. The molecule has 1 unspecified atom stereocenters. The normalized spacial score (nSPS) is 19.9. The molecule has 2 N–H and O–H groups in total. The van der Waals surface area contributed by atoms with E-state index in [1.165, 1.54) is 16.7 Å². The van der Waals surface area contributed by atoms with Gasteiger partial charge in [-0.15, -0.1) is 0 Å². The largest absolute Gasteiger partial charge is 0.389 e. The summed E-state index contributed by atoms with van der Waals surface area (Å²) in [6.45, 7) is 1.02. The first-order chi connectivity index (χ1) is 14.1. The minimum Gasteiger partial charge on any atom is -0.389 e. The average Bonchev–Trinajstić information content (AvgIpc) is 3.12. The molecule has 1 atom stereocenters. The highest BCUT2D eigenvalue weighted by Gasteiger charge is 2.30. The van der Waals surface area contributed by atoms with E-state index >= 15 is 0 Å². The van der Waals surface area contributed by atoms with Crippen molar-refractivity contribution < 1.29 is 14.7 Å². The standard InChI is InChI=1S/C22H28N4O3/c27-18-14-23-21(28)20-13-19(24-26(20)15-18)22(29)25(17-9-5-2-6-10-17)12-11-16-7-3-1-4-8-16/h1,3-4,7-8,13,17-18,27H,2,5-6,9-12,14-15H2,(H,23,28). The molecule has 0 radical (unpaired) electrons. The second-order valence-electron chi connectivity index (χ2n) is 7.99. The van der Waals surface area contributed by atoms with Crippen LogP contribution in [0.3, 0.4) is 0 Å². The van der Waals surface area contributed by atoms with Crippen LogP contribution in [0.2, 0.25) is 0 Å². The molecular weight excluding hydrogens is 368 g/mol. The summed E-state index contributed by atoms with van der Waals surface area (Å²) in [5.74, 6) is -0.433. The summed E-state index contributed by atoms with van der Waals surface area (Å²) in [5, 5.41) is 17.0. The van der Waals surface area contributed by atoms with E-state index in [4.69, 9.17) is 0 Å². The zero-order chi connectivity index (χ0) is 20.2. The van der Waals surface area contributed by atoms with Crippen LogP contribution >= 0.6 is 0 Å². The summed E-state index contributed by atoms with van der Waals surface area (Å²) in [6, 6.07) is 11.9. The maximum Gasteiger partial charge on any atom is 0.274 e. The number of benzene rings is 1. The van der Waals surface area contributed by atoms with Crippen molar-refractivity contribution in [2.24, 2.45) is 0 Å². The molecule has 2 aromatic rings. The van der Waals surface area contributed by atoms with E-state index < -0.39 is 6.10 Å². The maximum absolute atomic E-state index is 13.4. The van der Waals surface area contributed by atoms with Crippen LogP contribution in [0.15, 0.2) is 36.4 Å². The number of nitrogens with zero attached hydrogens (tertiary/aromatic N) is 3. The van der Waals surface area contributed by atoms with Crippen LogP contribution in [0.4, 0.5) is 0 Å². The predicted octanol–water partition coefficient (Wildman–Crippen LogP) is 2.00. The van der Waals surface area contributed by atoms with Gasteiger partial charge in [-0.3, -0.25) is 14.3 Å². The molecule has 1 aromatic heterocycles. The van der Waals surface area contributed by atoms with Crippen LogP contribution in [0.1, 0.15) is 58.6 Å². The van der Waals surface area contributed by atoms with Crippen LogP contribution in [0.25, 0.3) is 0 Å². The Bertz CT molecular complexity index is 858. The van der Waals surface area contributed by atoms with Gasteiger partial charge in [-0.2, -0.15) is 5.10 Å². The van der Waals surface area contributed by atoms with Crippen molar-refractivity contribution in [2.45, 2.75) is 57.2 Å². The van der Waals surface area contributed by atoms with Crippen molar-refractivity contribution in [2.75, 3.05) is 13.1 Å². The SMILES string of the molecule is O=C1NCC(O)Cn2nc(C(=O)N(CCc3ccccc3)C3CCCCC3)cc21. The third kappa shape index (κ3) is 4.50. The predicted molar refractivity (Wildman–Crippen MR) is 109 cm³/mol. The average molecular weight is 396 g/mol. The number of aromatic nitrogens is 2. The van der Waals surface area contributed by atoms with Crippen LogP contribution < -0.4 is 5.32 Å². The molecule has 2 amide bonds. The Labute approximate surface area is 170 Å². The summed E-state index contributed by atoms with van der Waals surface area (Å²) in [7, 11) is 0. The number of amides is 2. The highest BCUT2D eigenvalue weighted by Crippen LogP contribution is 2.25. The molecule has 1 aliphatic heterocycles. The Morgan fingerprint density at radius 2 is 1.97 bits per heavy atom. The molecule has 1 aliphatic carbocycles. The van der Waals surface area contributed by atoms with Gasteiger partial charge in [0, 0.05) is 25.2 Å². The molecule has 2 aliphatic rings. The lowest BCUT2D eigenvalue weighted by molar-refractivity contribution is 0.0628. The fraction of sp³-hybridized carbons (Fsp3) is 0.500. The zero-order valence-corrected chi connectivity index (χ0v) is 16.6. The number of hydrogen-bond acceptors (Lipinski definition) is 4. The smallest absolute Gasteiger partial charge is 0.274 e. The fourth-order valence-corrected chi connectivity index (χ4v) is 4.29. The Balaban J connectivity index is 1.56. The number of rotatable bonds is 5. The van der Waals surface area contributed by atoms with Gasteiger partial charge < -0.3 is 15.3 Å². The third-order valence-electron chi connectivity index (χ3n) is 5.87. The van der Waals surface area contributed by atoms with Crippen molar-refractivity contribution in [1.29, 1.82) is 0 Å². The summed E-state index contributed by atoms with van der Waals surface area (Å²) >= 11 is 0. The third-order valence-corrected chi connectivity index (χ3v) is 5.87. The van der Waals surface area contributed by atoms with Crippen molar-refractivity contribution in [3.8, 4) is 0 Å². The molecule has 0 bridgehead atoms. The molecule has 0 saturated heterocycles. The molecule has 1 aromatic carbocycles. The number of fused-ring (bicyclic) bond motifs is 1. The number of carbonyl (C=O) groups is 2. The first kappa shape index (κ1) is 19.6. The van der Waals surface area contributed by atoms with E-state index in [0.29, 0.717) is 12.2 Å². The molecule has 1 fully saturated rings. The van der Waals surface area contributed by atoms with Gasteiger partial charge in [0.25, 0.3) is 11.8 Å². The number of hydrogen-bond donors (Lipinski definition) is 2. The molecule has 4 rings (SSSR count). The van der Waals surface area contributed by atoms with Gasteiger partial charge in [0.05, 0.1) is 12.6 Å². The number of carbonyl (C=O) groups excluding carboxylic acids is 2. The van der Waals surface area contributed by atoms with Crippen molar-refractivity contribution in [3.63, 3.8) is 0 Å². The van der Waals surface area contributed by atoms with E-state index in [0.717, 1.165) is 32.1 Å². The second-order valence-corrected chi connectivity index (χ2v) is 7.99. The quantitative estimate of drug-likeness (QED) is 0.809. The topological polar surface area (TPSA) is 87.5 Å². The van der Waals surface area contributed by atoms with Crippen LogP contribution in [0, 0.1) is 0 Å². The fourth-order valence-electron chi connectivity index (χ4n) is 4.29. The Kier molecular flexibility index (Phi) is 5.94. The number of β-amino-alcohol motifs (C(OH)–C–C–N with tert-alkyl or cyclic N) is 1. The number of aliphatic hydroxyl groups is 1. The molecule has 29 heavy (non-hydrogen) atoms. The van der Waals surface area contributed by atoms with Gasteiger partial charge in [-0.1, -0.05) is 49.6 Å². The zero-order valence-electron chi connectivity index (χ0n) is 16.6. The summed E-state index contributed by atoms with van der Waals surface area (Å²) in [5.41, 5.74) is 1.81. The van der Waals surface area contributed by atoms with Crippen LogP contribution in [-0.2, 0) is 13.0 Å². The van der Waals surface area contributed by atoms with Crippen molar-refractivity contribution in [1.82, 2.24) is 20.0 Å². The minimum absolute atomic E-state index is 0.129. The minimum atomic E-state index is -0.712. The lowest BCUT2D eigenvalue weighted by Crippen LogP contribution is -2.43. The summed E-state index contributed by atoms with van der Waals surface area (Å²) in [6.07, 6.45) is 5.57. The van der Waals surface area contributed by atoms with Gasteiger partial charge in [-0.05, 0) is 24.8 Å². The Hall–Kier alpha value is -2.67. The van der Waals surface area contributed by atoms with Crippen molar-refractivity contribution in [3.05, 3.63) is 53.3 Å². The van der Waals surface area contributed by atoms with Crippen LogP contribution in [-0.4, -0.2) is 56.8 Å². The van der Waals surface area contributed by atoms with Gasteiger partial charge >= 0.3 is 0 Å². The van der Waals surface area contributed by atoms with Gasteiger partial charge in [0.1, 0.15) is 5.69 Å². The lowest BCUT2D eigenvalue weighted by Gasteiger charge is -2.34. The molecular formula is C22H28N4O3. The van der Waals surface area contributed by atoms with E-state index in [1.807, 2.05) is 23.1 Å². The van der Waals surface area contributed by atoms with E-state index in [-0.39, 0.29) is 36.6 Å². The van der Waals surface area contributed by atoms with Gasteiger partial charge in [-0.25, -0.2) is 0 Å². The maximum atomic E-state index is 13.4. The monoisotopic (exact) mass is 396 g/mol. The lowest BCUT2D eigenvalue weighted by atomic mass is 9.93. The van der Waals surface area contributed by atoms with E-state index in [9.17, 15) is 14.7 Å². The summed E-state index contributed by atoms with van der Waals surface area (Å²) in [4.78, 5) is 27.6. The molecule has 0 spiro atoms. The van der Waals surface area contributed by atoms with Gasteiger partial charge in [0.2, 0.25) is 0 Å². The molecule has 2 heterocycles. The Morgan fingerprint density at radius 1 is 1.21 bits per heavy atom. The number of aliphatic hydroxyl groups excluding tert-OH is 1. The van der Waals surface area contributed by atoms with Crippen LogP contribution in [0.5, 0.6) is 0 Å². The van der Waals surface area contributed by atoms with Gasteiger partial charge in [0.15, 0.2) is 5.69 Å².